The highest BCUT2D eigenvalue weighted by atomic mass is 19.1. The number of piperidine rings is 1. The van der Waals surface area contributed by atoms with E-state index in [4.69, 9.17) is 9.47 Å². The van der Waals surface area contributed by atoms with Gasteiger partial charge in [-0.3, -0.25) is 0 Å². The Hall–Kier alpha value is -3.49. The zero-order valence-electron chi connectivity index (χ0n) is 17.4. The molecule has 1 aliphatic rings. The summed E-state index contributed by atoms with van der Waals surface area (Å²) in [5.74, 6) is 0.361. The minimum Gasteiger partial charge on any atom is -0.490 e. The highest BCUT2D eigenvalue weighted by Gasteiger charge is 2.25. The Balaban J connectivity index is 1.35. The van der Waals surface area contributed by atoms with Crippen LogP contribution in [-0.4, -0.2) is 56.5 Å². The number of tetrazole rings is 1. The quantitative estimate of drug-likeness (QED) is 0.617. The lowest BCUT2D eigenvalue weighted by Gasteiger charge is -2.32. The van der Waals surface area contributed by atoms with Crippen LogP contribution in [0.2, 0.25) is 0 Å². The molecule has 162 valence electrons. The molecule has 2 aromatic carbocycles. The Morgan fingerprint density at radius 1 is 1.13 bits per heavy atom. The number of rotatable bonds is 5. The second kappa shape index (κ2) is 9.11. The number of amides is 1. The zero-order valence-corrected chi connectivity index (χ0v) is 17.4. The van der Waals surface area contributed by atoms with Gasteiger partial charge in [0.05, 0.1) is 11.8 Å². The second-order valence-corrected chi connectivity index (χ2v) is 7.68. The third kappa shape index (κ3) is 4.99. The van der Waals surface area contributed by atoms with E-state index in [-0.39, 0.29) is 24.1 Å². The van der Waals surface area contributed by atoms with E-state index in [1.165, 1.54) is 17.1 Å². The number of halogens is 1. The lowest BCUT2D eigenvalue weighted by Crippen LogP contribution is -2.42. The minimum absolute atomic E-state index is 0.0289. The summed E-state index contributed by atoms with van der Waals surface area (Å²) >= 11 is 0. The fourth-order valence-electron chi connectivity index (χ4n) is 3.50. The molecule has 0 unspecified atom stereocenters. The van der Waals surface area contributed by atoms with E-state index in [2.05, 4.69) is 15.5 Å². The van der Waals surface area contributed by atoms with E-state index < -0.39 is 0 Å². The number of carbonyl (C=O) groups excluding carboxylic acids is 1. The fourth-order valence-corrected chi connectivity index (χ4v) is 3.50. The average molecular weight is 425 g/mol. The number of hydrogen-bond donors (Lipinski definition) is 0. The Bertz CT molecular complexity index is 1020. The van der Waals surface area contributed by atoms with Crippen molar-refractivity contribution in [2.75, 3.05) is 13.1 Å². The molecule has 0 saturated carbocycles. The minimum atomic E-state index is -0.359. The molecule has 3 aromatic rings. The van der Waals surface area contributed by atoms with Gasteiger partial charge in [-0.2, -0.15) is 0 Å². The van der Waals surface area contributed by atoms with Crippen LogP contribution in [0.1, 0.15) is 26.7 Å². The summed E-state index contributed by atoms with van der Waals surface area (Å²) < 4.78 is 27.3. The van der Waals surface area contributed by atoms with Crippen LogP contribution in [-0.2, 0) is 4.74 Å². The van der Waals surface area contributed by atoms with Crippen molar-refractivity contribution in [3.05, 3.63) is 54.6 Å². The molecule has 1 aromatic heterocycles. The number of nitrogens with zero attached hydrogens (tertiary/aromatic N) is 5. The van der Waals surface area contributed by atoms with Crippen molar-refractivity contribution >= 4 is 6.09 Å². The summed E-state index contributed by atoms with van der Waals surface area (Å²) in [6.45, 7) is 4.89. The number of aromatic nitrogens is 4. The first-order chi connectivity index (χ1) is 15.0. The van der Waals surface area contributed by atoms with Crippen molar-refractivity contribution in [2.45, 2.75) is 38.9 Å². The molecule has 31 heavy (non-hydrogen) atoms. The molecular formula is C22H24FN5O3. The lowest BCUT2D eigenvalue weighted by atomic mass is 10.0. The highest BCUT2D eigenvalue weighted by Crippen LogP contribution is 2.27. The SMILES string of the molecule is CC(C)OC(=O)N1CCC(Oc2ccc(-c3ccc(-n4cnnn4)cc3F)cc2)CC1. The molecule has 1 amide bonds. The van der Waals surface area contributed by atoms with E-state index in [9.17, 15) is 9.18 Å². The molecule has 8 nitrogen and oxygen atoms in total. The number of hydrogen-bond acceptors (Lipinski definition) is 6. The molecule has 0 radical (unpaired) electrons. The molecule has 0 bridgehead atoms. The maximum absolute atomic E-state index is 14.6. The fraction of sp³-hybridized carbons (Fsp3) is 0.364. The smallest absolute Gasteiger partial charge is 0.410 e. The molecule has 9 heteroatoms. The number of ether oxygens (including phenoxy) is 2. The standard InChI is InChI=1S/C22H24FN5O3/c1-15(2)30-22(29)27-11-9-19(10-12-27)31-18-6-3-16(4-7-18)20-8-5-17(13-21(20)23)28-14-24-25-26-28/h3-8,13-15,19H,9-12H2,1-2H3. The molecule has 0 N–H and O–H groups in total. The molecule has 1 fully saturated rings. The lowest BCUT2D eigenvalue weighted by molar-refractivity contribution is 0.0517. The highest BCUT2D eigenvalue weighted by molar-refractivity contribution is 5.68. The average Bonchev–Trinajstić information content (AvgIpc) is 3.29. The predicted molar refractivity (Wildman–Crippen MR) is 111 cm³/mol. The summed E-state index contributed by atoms with van der Waals surface area (Å²) in [7, 11) is 0. The van der Waals surface area contributed by atoms with Gasteiger partial charge in [-0.1, -0.05) is 12.1 Å². The molecule has 1 aliphatic heterocycles. The number of likely N-dealkylation sites (tertiary alicyclic amines) is 1. The van der Waals surface area contributed by atoms with Gasteiger partial charge in [-0.05, 0) is 54.1 Å². The van der Waals surface area contributed by atoms with Crippen LogP contribution in [0.15, 0.2) is 48.8 Å². The van der Waals surface area contributed by atoms with Crippen LogP contribution in [0.5, 0.6) is 5.75 Å². The second-order valence-electron chi connectivity index (χ2n) is 7.68. The van der Waals surface area contributed by atoms with Gasteiger partial charge < -0.3 is 14.4 Å². The summed E-state index contributed by atoms with van der Waals surface area (Å²) in [6.07, 6.45) is 2.52. The van der Waals surface area contributed by atoms with Gasteiger partial charge in [-0.25, -0.2) is 13.9 Å². The molecule has 2 heterocycles. The van der Waals surface area contributed by atoms with Crippen molar-refractivity contribution in [1.29, 1.82) is 0 Å². The van der Waals surface area contributed by atoms with Gasteiger partial charge >= 0.3 is 6.09 Å². The van der Waals surface area contributed by atoms with Crippen molar-refractivity contribution in [2.24, 2.45) is 0 Å². The molecule has 1 saturated heterocycles. The van der Waals surface area contributed by atoms with Gasteiger partial charge in [0.2, 0.25) is 0 Å². The monoisotopic (exact) mass is 425 g/mol. The summed E-state index contributed by atoms with van der Waals surface area (Å²) in [6, 6.07) is 12.2. The molecule has 0 aliphatic carbocycles. The molecule has 0 atom stereocenters. The Kier molecular flexibility index (Phi) is 6.11. The maximum atomic E-state index is 14.6. The van der Waals surface area contributed by atoms with Crippen molar-refractivity contribution in [1.82, 2.24) is 25.1 Å². The van der Waals surface area contributed by atoms with Crippen LogP contribution in [0.25, 0.3) is 16.8 Å². The third-order valence-corrected chi connectivity index (χ3v) is 5.07. The first-order valence-electron chi connectivity index (χ1n) is 10.2. The van der Waals surface area contributed by atoms with Crippen molar-refractivity contribution < 1.29 is 18.7 Å². The molecule has 4 rings (SSSR count). The van der Waals surface area contributed by atoms with E-state index >= 15 is 0 Å². The first-order valence-corrected chi connectivity index (χ1v) is 10.2. The van der Waals surface area contributed by atoms with Gasteiger partial charge in [0.1, 0.15) is 24.0 Å². The Labute approximate surface area is 179 Å². The van der Waals surface area contributed by atoms with Gasteiger partial charge in [-0.15, -0.1) is 5.10 Å². The van der Waals surface area contributed by atoms with Crippen molar-refractivity contribution in [3.63, 3.8) is 0 Å². The number of carbonyl (C=O) groups is 1. The van der Waals surface area contributed by atoms with Crippen LogP contribution in [0.4, 0.5) is 9.18 Å². The van der Waals surface area contributed by atoms with Crippen molar-refractivity contribution in [3.8, 4) is 22.6 Å². The van der Waals surface area contributed by atoms with E-state index in [1.54, 1.807) is 17.0 Å². The van der Waals surface area contributed by atoms with Crippen LogP contribution >= 0.6 is 0 Å². The topological polar surface area (TPSA) is 82.4 Å². The Morgan fingerprint density at radius 3 is 2.48 bits per heavy atom. The first kappa shape index (κ1) is 20.8. The predicted octanol–water partition coefficient (Wildman–Crippen LogP) is 3.86. The van der Waals surface area contributed by atoms with Gasteiger partial charge in [0.25, 0.3) is 0 Å². The maximum Gasteiger partial charge on any atom is 0.410 e. The number of benzene rings is 2. The zero-order chi connectivity index (χ0) is 21.8. The van der Waals surface area contributed by atoms with Gasteiger partial charge in [0.15, 0.2) is 0 Å². The van der Waals surface area contributed by atoms with E-state index in [1.807, 2.05) is 38.1 Å². The van der Waals surface area contributed by atoms with Gasteiger partial charge in [0, 0.05) is 37.6 Å². The van der Waals surface area contributed by atoms with Crippen LogP contribution < -0.4 is 4.74 Å². The molecule has 0 spiro atoms. The Morgan fingerprint density at radius 2 is 1.87 bits per heavy atom. The normalized spacial score (nSPS) is 14.6. The summed E-state index contributed by atoms with van der Waals surface area (Å²) in [4.78, 5) is 13.7. The van der Waals surface area contributed by atoms with Crippen LogP contribution in [0.3, 0.4) is 0 Å². The molecular weight excluding hydrogens is 401 g/mol. The van der Waals surface area contributed by atoms with E-state index in [0.717, 1.165) is 24.2 Å². The largest absolute Gasteiger partial charge is 0.490 e. The van der Waals surface area contributed by atoms with Crippen LogP contribution in [0, 0.1) is 5.82 Å². The summed E-state index contributed by atoms with van der Waals surface area (Å²) in [5, 5.41) is 10.9. The van der Waals surface area contributed by atoms with E-state index in [0.29, 0.717) is 24.3 Å². The summed E-state index contributed by atoms with van der Waals surface area (Å²) in [5.41, 5.74) is 1.79. The third-order valence-electron chi connectivity index (χ3n) is 5.07.